The predicted octanol–water partition coefficient (Wildman–Crippen LogP) is 4.15. The summed E-state index contributed by atoms with van der Waals surface area (Å²) in [5, 5.41) is 9.36. The Bertz CT molecular complexity index is 1120. The smallest absolute Gasteiger partial charge is 0.185 e. The van der Waals surface area contributed by atoms with Gasteiger partial charge in [-0.05, 0) is 47.2 Å². The van der Waals surface area contributed by atoms with Crippen LogP contribution in [0.2, 0.25) is 0 Å². The molecule has 3 rings (SSSR count). The van der Waals surface area contributed by atoms with Gasteiger partial charge in [-0.25, -0.2) is 4.99 Å². The fourth-order valence-electron chi connectivity index (χ4n) is 3.08. The van der Waals surface area contributed by atoms with Crippen molar-refractivity contribution in [2.75, 3.05) is 13.4 Å². The quantitative estimate of drug-likeness (QED) is 0.343. The van der Waals surface area contributed by atoms with E-state index in [-0.39, 0.29) is 18.2 Å². The average molecular weight is 431 g/mol. The van der Waals surface area contributed by atoms with Crippen LogP contribution in [-0.2, 0) is 6.42 Å². The third kappa shape index (κ3) is 5.71. The number of ether oxygens (including phenoxy) is 1. The minimum Gasteiger partial charge on any atom is -0.497 e. The average Bonchev–Trinajstić information content (AvgIpc) is 2.82. The Balaban J connectivity index is 1.89. The molecule has 0 saturated heterocycles. The van der Waals surface area contributed by atoms with Gasteiger partial charge in [0.25, 0.3) is 0 Å². The first-order valence-electron chi connectivity index (χ1n) is 9.53. The molecule has 2 N–H and O–H groups in total. The summed E-state index contributed by atoms with van der Waals surface area (Å²) in [6.45, 7) is 0. The fraction of sp³-hybridized carbons (Fsp3) is 0.167. The van der Waals surface area contributed by atoms with Crippen molar-refractivity contribution in [2.24, 2.45) is 10.7 Å². The zero-order chi connectivity index (χ0) is 22.2. The van der Waals surface area contributed by atoms with Crippen molar-refractivity contribution in [3.63, 3.8) is 0 Å². The van der Waals surface area contributed by atoms with Gasteiger partial charge in [0.15, 0.2) is 11.0 Å². The van der Waals surface area contributed by atoms with Gasteiger partial charge in [-0.2, -0.15) is 5.26 Å². The van der Waals surface area contributed by atoms with Crippen LogP contribution < -0.4 is 10.5 Å². The summed E-state index contributed by atoms with van der Waals surface area (Å²) >= 11 is 1.38. The first-order valence-corrected chi connectivity index (χ1v) is 10.8. The van der Waals surface area contributed by atoms with Crippen LogP contribution in [0.15, 0.2) is 71.9 Å². The highest BCUT2D eigenvalue weighted by atomic mass is 32.2. The Labute approximate surface area is 185 Å². The number of hydrogen-bond acceptors (Lipinski definition) is 6. The summed E-state index contributed by atoms with van der Waals surface area (Å²) in [7, 11) is 1.62. The lowest BCUT2D eigenvalue weighted by Gasteiger charge is -2.16. The van der Waals surface area contributed by atoms with E-state index in [1.807, 2.05) is 60.9 Å². The van der Waals surface area contributed by atoms with Gasteiger partial charge in [-0.15, -0.1) is 0 Å². The first-order chi connectivity index (χ1) is 15.0. The third-order valence-corrected chi connectivity index (χ3v) is 5.23. The maximum absolute atomic E-state index is 12.6. The Morgan fingerprint density at radius 1 is 1.19 bits per heavy atom. The highest BCUT2D eigenvalue weighted by Crippen LogP contribution is 2.29. The van der Waals surface area contributed by atoms with Crippen molar-refractivity contribution < 1.29 is 9.53 Å². The van der Waals surface area contributed by atoms with Crippen molar-refractivity contribution in [3.8, 4) is 11.8 Å². The number of aliphatic imine (C=N–C) groups is 1. The van der Waals surface area contributed by atoms with Gasteiger partial charge in [0, 0.05) is 12.6 Å². The zero-order valence-electron chi connectivity index (χ0n) is 17.3. The van der Waals surface area contributed by atoms with E-state index in [0.717, 1.165) is 22.4 Å². The van der Waals surface area contributed by atoms with E-state index < -0.39 is 0 Å². The number of aromatic nitrogens is 1. The molecule has 7 heteroatoms. The number of nitrogens with zero attached hydrogens (tertiary/aromatic N) is 3. The molecule has 0 aliphatic heterocycles. The number of nitrogens with two attached hydrogens (primary N) is 1. The topological polar surface area (TPSA) is 101 Å². The molecule has 0 radical (unpaired) electrons. The van der Waals surface area contributed by atoms with Gasteiger partial charge in [0.05, 0.1) is 12.7 Å². The zero-order valence-corrected chi connectivity index (χ0v) is 18.1. The van der Waals surface area contributed by atoms with Crippen LogP contribution in [0, 0.1) is 11.3 Å². The van der Waals surface area contributed by atoms with E-state index in [1.54, 1.807) is 19.2 Å². The number of pyridine rings is 1. The fourth-order valence-corrected chi connectivity index (χ4v) is 3.29. The molecule has 0 spiro atoms. The lowest BCUT2D eigenvalue weighted by atomic mass is 9.96. The van der Waals surface area contributed by atoms with E-state index >= 15 is 0 Å². The second kappa shape index (κ2) is 10.4. The van der Waals surface area contributed by atoms with Crippen LogP contribution in [-0.4, -0.2) is 29.3 Å². The Kier molecular flexibility index (Phi) is 7.41. The molecule has 1 heterocycles. The molecule has 2 aromatic carbocycles. The SMILES string of the molecule is COc1ccc(C(N=C(N)SC)c2cccc(CC(=O)c3ccc(C#N)cn3)c2)cc1. The van der Waals surface area contributed by atoms with Gasteiger partial charge >= 0.3 is 0 Å². The van der Waals surface area contributed by atoms with Crippen molar-refractivity contribution >= 4 is 22.7 Å². The molecule has 1 atom stereocenters. The molecule has 1 unspecified atom stereocenters. The number of amidine groups is 1. The lowest BCUT2D eigenvalue weighted by molar-refractivity contribution is 0.0988. The van der Waals surface area contributed by atoms with Gasteiger partial charge in [0.1, 0.15) is 23.6 Å². The van der Waals surface area contributed by atoms with Crippen LogP contribution in [0.4, 0.5) is 0 Å². The number of carbonyl (C=O) groups is 1. The summed E-state index contributed by atoms with van der Waals surface area (Å²) < 4.78 is 5.25. The van der Waals surface area contributed by atoms with Crippen LogP contribution in [0.5, 0.6) is 5.75 Å². The number of hydrogen-bond donors (Lipinski definition) is 1. The van der Waals surface area contributed by atoms with Gasteiger partial charge in [-0.1, -0.05) is 48.2 Å². The third-order valence-electron chi connectivity index (χ3n) is 4.71. The number of rotatable bonds is 7. The minimum atomic E-state index is -0.304. The van der Waals surface area contributed by atoms with Crippen LogP contribution >= 0.6 is 11.8 Å². The van der Waals surface area contributed by atoms with Gasteiger partial charge in [0.2, 0.25) is 0 Å². The molecule has 0 amide bonds. The standard InChI is InChI=1S/C24H22N4O2S/c1-30-20-9-7-18(8-10-20)23(28-24(26)31-2)19-5-3-4-16(12-19)13-22(29)21-11-6-17(14-25)15-27-21/h3-12,15,23H,13H2,1-2H3,(H2,26,28). The lowest BCUT2D eigenvalue weighted by Crippen LogP contribution is -2.11. The van der Waals surface area contributed by atoms with Crippen molar-refractivity contribution in [2.45, 2.75) is 12.5 Å². The molecule has 0 fully saturated rings. The maximum Gasteiger partial charge on any atom is 0.185 e. The molecular formula is C24H22N4O2S. The summed E-state index contributed by atoms with van der Waals surface area (Å²) in [6, 6.07) is 20.3. The van der Waals surface area contributed by atoms with Crippen LogP contribution in [0.3, 0.4) is 0 Å². The molecule has 1 aromatic heterocycles. The van der Waals surface area contributed by atoms with Crippen LogP contribution in [0.25, 0.3) is 0 Å². The Hall–Kier alpha value is -3.63. The number of carbonyl (C=O) groups excluding carboxylic acids is 1. The number of benzene rings is 2. The van der Waals surface area contributed by atoms with Gasteiger partial charge < -0.3 is 10.5 Å². The summed E-state index contributed by atoms with van der Waals surface area (Å²) in [6.07, 6.45) is 3.48. The number of ketones is 1. The molecule has 0 saturated carbocycles. The first kappa shape index (κ1) is 22.1. The van der Waals surface area contributed by atoms with Crippen LogP contribution in [0.1, 0.15) is 38.8 Å². The Morgan fingerprint density at radius 3 is 2.58 bits per heavy atom. The second-order valence-electron chi connectivity index (χ2n) is 6.74. The number of methoxy groups -OCH3 is 1. The molecule has 3 aromatic rings. The Morgan fingerprint density at radius 2 is 1.97 bits per heavy atom. The summed E-state index contributed by atoms with van der Waals surface area (Å²) in [5.74, 6) is 0.647. The second-order valence-corrected chi connectivity index (χ2v) is 7.56. The van der Waals surface area contributed by atoms with Crippen molar-refractivity contribution in [1.29, 1.82) is 5.26 Å². The molecule has 156 valence electrons. The molecule has 0 aliphatic rings. The molecule has 0 bridgehead atoms. The maximum atomic E-state index is 12.6. The monoisotopic (exact) mass is 430 g/mol. The highest BCUT2D eigenvalue weighted by Gasteiger charge is 2.16. The van der Waals surface area contributed by atoms with E-state index in [1.165, 1.54) is 18.0 Å². The van der Waals surface area contributed by atoms with E-state index in [2.05, 4.69) is 9.98 Å². The van der Waals surface area contributed by atoms with Gasteiger partial charge in [-0.3, -0.25) is 9.78 Å². The largest absolute Gasteiger partial charge is 0.497 e. The number of thioether (sulfide) groups is 1. The minimum absolute atomic E-state index is 0.116. The van der Waals surface area contributed by atoms with E-state index in [4.69, 9.17) is 15.7 Å². The molecular weight excluding hydrogens is 408 g/mol. The highest BCUT2D eigenvalue weighted by molar-refractivity contribution is 8.13. The molecule has 31 heavy (non-hydrogen) atoms. The predicted molar refractivity (Wildman–Crippen MR) is 123 cm³/mol. The normalized spacial score (nSPS) is 12.1. The molecule has 0 aliphatic carbocycles. The number of nitriles is 1. The summed E-state index contributed by atoms with van der Waals surface area (Å²) in [5.41, 5.74) is 9.53. The number of Topliss-reactive ketones (excluding diaryl/α,β-unsaturated/α-hetero) is 1. The van der Waals surface area contributed by atoms with E-state index in [9.17, 15) is 4.79 Å². The van der Waals surface area contributed by atoms with Crippen molar-refractivity contribution in [3.05, 3.63) is 94.8 Å². The van der Waals surface area contributed by atoms with Crippen molar-refractivity contribution in [1.82, 2.24) is 4.98 Å². The summed E-state index contributed by atoms with van der Waals surface area (Å²) in [4.78, 5) is 21.4. The molecule has 6 nitrogen and oxygen atoms in total. The van der Waals surface area contributed by atoms with E-state index in [0.29, 0.717) is 16.4 Å².